The van der Waals surface area contributed by atoms with Crippen LogP contribution in [-0.4, -0.2) is 29.1 Å². The number of aryl methyl sites for hydroxylation is 2. The van der Waals surface area contributed by atoms with Gasteiger partial charge in [-0.2, -0.15) is 0 Å². The van der Waals surface area contributed by atoms with Crippen LogP contribution in [0, 0.1) is 13.8 Å². The molecule has 0 bridgehead atoms. The SMILES string of the molecule is Cc1noc(C)c1CN(C)C(=O)CCCC(C)N. The highest BCUT2D eigenvalue weighted by atomic mass is 16.5. The van der Waals surface area contributed by atoms with Crippen molar-refractivity contribution in [1.29, 1.82) is 0 Å². The summed E-state index contributed by atoms with van der Waals surface area (Å²) in [6, 6.07) is 0.158. The minimum atomic E-state index is 0.135. The molecule has 0 spiro atoms. The molecule has 0 saturated carbocycles. The van der Waals surface area contributed by atoms with Crippen molar-refractivity contribution in [2.75, 3.05) is 7.05 Å². The molecule has 1 unspecified atom stereocenters. The quantitative estimate of drug-likeness (QED) is 0.838. The van der Waals surface area contributed by atoms with Crippen LogP contribution < -0.4 is 5.73 Å². The van der Waals surface area contributed by atoms with E-state index in [0.717, 1.165) is 29.9 Å². The minimum Gasteiger partial charge on any atom is -0.361 e. The summed E-state index contributed by atoms with van der Waals surface area (Å²) in [5.41, 5.74) is 7.51. The molecule has 0 aliphatic heterocycles. The van der Waals surface area contributed by atoms with Gasteiger partial charge in [0.1, 0.15) is 5.76 Å². The lowest BCUT2D eigenvalue weighted by molar-refractivity contribution is -0.130. The fourth-order valence-electron chi connectivity index (χ4n) is 1.82. The van der Waals surface area contributed by atoms with Gasteiger partial charge in [0.2, 0.25) is 5.91 Å². The maximum atomic E-state index is 11.9. The van der Waals surface area contributed by atoms with Crippen molar-refractivity contribution in [3.8, 4) is 0 Å². The second kappa shape index (κ2) is 6.54. The second-order valence-corrected chi connectivity index (χ2v) is 4.92. The Morgan fingerprint density at radius 3 is 2.67 bits per heavy atom. The number of hydrogen-bond acceptors (Lipinski definition) is 4. The molecule has 1 heterocycles. The molecule has 2 N–H and O–H groups in total. The Hall–Kier alpha value is -1.36. The molecule has 0 saturated heterocycles. The molecule has 0 aliphatic carbocycles. The smallest absolute Gasteiger partial charge is 0.222 e. The van der Waals surface area contributed by atoms with Gasteiger partial charge in [0.25, 0.3) is 0 Å². The third kappa shape index (κ3) is 4.14. The van der Waals surface area contributed by atoms with Gasteiger partial charge >= 0.3 is 0 Å². The molecule has 5 nitrogen and oxygen atoms in total. The molecule has 18 heavy (non-hydrogen) atoms. The van der Waals surface area contributed by atoms with Gasteiger partial charge in [-0.1, -0.05) is 5.16 Å². The first kappa shape index (κ1) is 14.7. The molecule has 5 heteroatoms. The molecule has 0 aromatic carbocycles. The van der Waals surface area contributed by atoms with E-state index in [4.69, 9.17) is 10.3 Å². The average Bonchev–Trinajstić information content (AvgIpc) is 2.60. The molecule has 1 rings (SSSR count). The van der Waals surface area contributed by atoms with Crippen LogP contribution in [0.5, 0.6) is 0 Å². The van der Waals surface area contributed by atoms with Crippen LogP contribution in [0.4, 0.5) is 0 Å². The summed E-state index contributed by atoms with van der Waals surface area (Å²) in [5.74, 6) is 0.915. The highest BCUT2D eigenvalue weighted by Crippen LogP contribution is 2.15. The molecule has 102 valence electrons. The van der Waals surface area contributed by atoms with Crippen LogP contribution >= 0.6 is 0 Å². The van der Waals surface area contributed by atoms with Crippen LogP contribution in [0.1, 0.15) is 43.2 Å². The third-order valence-electron chi connectivity index (χ3n) is 3.05. The summed E-state index contributed by atoms with van der Waals surface area (Å²) in [5, 5.41) is 3.88. The molecule has 0 radical (unpaired) electrons. The van der Waals surface area contributed by atoms with Gasteiger partial charge in [0.15, 0.2) is 0 Å². The normalized spacial score (nSPS) is 12.5. The molecular weight excluding hydrogens is 230 g/mol. The van der Waals surface area contributed by atoms with Gasteiger partial charge in [-0.05, 0) is 33.6 Å². The lowest BCUT2D eigenvalue weighted by Crippen LogP contribution is -2.27. The van der Waals surface area contributed by atoms with Crippen LogP contribution in [0.15, 0.2) is 4.52 Å². The van der Waals surface area contributed by atoms with E-state index >= 15 is 0 Å². The largest absolute Gasteiger partial charge is 0.361 e. The van der Waals surface area contributed by atoms with Gasteiger partial charge in [0.05, 0.1) is 12.2 Å². The number of carbonyl (C=O) groups is 1. The van der Waals surface area contributed by atoms with E-state index in [2.05, 4.69) is 5.16 Å². The van der Waals surface area contributed by atoms with E-state index in [9.17, 15) is 4.79 Å². The highest BCUT2D eigenvalue weighted by Gasteiger charge is 2.15. The van der Waals surface area contributed by atoms with E-state index in [1.807, 2.05) is 20.8 Å². The lowest BCUT2D eigenvalue weighted by atomic mass is 10.1. The van der Waals surface area contributed by atoms with Crippen molar-refractivity contribution in [2.45, 2.75) is 52.6 Å². The Balaban J connectivity index is 2.45. The Morgan fingerprint density at radius 2 is 2.17 bits per heavy atom. The minimum absolute atomic E-state index is 0.135. The van der Waals surface area contributed by atoms with Gasteiger partial charge in [0, 0.05) is 25.1 Å². The van der Waals surface area contributed by atoms with Crippen molar-refractivity contribution >= 4 is 5.91 Å². The van der Waals surface area contributed by atoms with Crippen LogP contribution in [0.25, 0.3) is 0 Å². The number of hydrogen-bond donors (Lipinski definition) is 1. The number of nitrogens with zero attached hydrogens (tertiary/aromatic N) is 2. The summed E-state index contributed by atoms with van der Waals surface area (Å²) >= 11 is 0. The van der Waals surface area contributed by atoms with E-state index < -0.39 is 0 Å². The molecule has 1 aromatic rings. The van der Waals surface area contributed by atoms with Crippen molar-refractivity contribution in [3.05, 3.63) is 17.0 Å². The van der Waals surface area contributed by atoms with Crippen molar-refractivity contribution in [1.82, 2.24) is 10.1 Å². The zero-order valence-corrected chi connectivity index (χ0v) is 11.7. The van der Waals surface area contributed by atoms with E-state index in [1.165, 1.54) is 0 Å². The van der Waals surface area contributed by atoms with Crippen molar-refractivity contribution in [2.24, 2.45) is 5.73 Å². The summed E-state index contributed by atoms with van der Waals surface area (Å²) in [4.78, 5) is 13.6. The van der Waals surface area contributed by atoms with E-state index in [1.54, 1.807) is 11.9 Å². The maximum absolute atomic E-state index is 11.9. The monoisotopic (exact) mass is 253 g/mol. The number of carbonyl (C=O) groups excluding carboxylic acids is 1. The van der Waals surface area contributed by atoms with Crippen LogP contribution in [0.3, 0.4) is 0 Å². The Morgan fingerprint density at radius 1 is 1.50 bits per heavy atom. The van der Waals surface area contributed by atoms with Crippen molar-refractivity contribution in [3.63, 3.8) is 0 Å². The molecular formula is C13H23N3O2. The van der Waals surface area contributed by atoms with Crippen LogP contribution in [-0.2, 0) is 11.3 Å². The van der Waals surface area contributed by atoms with Gasteiger partial charge in [-0.25, -0.2) is 0 Å². The standard InChI is InChI=1S/C13H23N3O2/c1-9(14)6-5-7-13(17)16(4)8-12-10(2)15-18-11(12)3/h9H,5-8,14H2,1-4H3. The zero-order chi connectivity index (χ0) is 13.7. The van der Waals surface area contributed by atoms with E-state index in [-0.39, 0.29) is 11.9 Å². The Bertz CT molecular complexity index is 379. The van der Waals surface area contributed by atoms with Gasteiger partial charge in [-0.15, -0.1) is 0 Å². The number of nitrogens with two attached hydrogens (primary N) is 1. The first-order chi connectivity index (χ1) is 8.41. The van der Waals surface area contributed by atoms with Crippen LogP contribution in [0.2, 0.25) is 0 Å². The Kier molecular flexibility index (Phi) is 5.34. The summed E-state index contributed by atoms with van der Waals surface area (Å²) in [6.45, 7) is 6.26. The molecule has 1 aromatic heterocycles. The Labute approximate surface area is 108 Å². The molecule has 0 fully saturated rings. The zero-order valence-electron chi connectivity index (χ0n) is 11.7. The summed E-state index contributed by atoms with van der Waals surface area (Å²) in [6.07, 6.45) is 2.26. The molecule has 0 aliphatic rings. The first-order valence-electron chi connectivity index (χ1n) is 6.33. The summed E-state index contributed by atoms with van der Waals surface area (Å²) in [7, 11) is 1.81. The number of aromatic nitrogens is 1. The van der Waals surface area contributed by atoms with Gasteiger partial charge < -0.3 is 15.2 Å². The predicted molar refractivity (Wildman–Crippen MR) is 70.0 cm³/mol. The number of rotatable bonds is 6. The first-order valence-corrected chi connectivity index (χ1v) is 6.33. The van der Waals surface area contributed by atoms with Gasteiger partial charge in [-0.3, -0.25) is 4.79 Å². The third-order valence-corrected chi connectivity index (χ3v) is 3.05. The lowest BCUT2D eigenvalue weighted by Gasteiger charge is -2.17. The fourth-order valence-corrected chi connectivity index (χ4v) is 1.82. The second-order valence-electron chi connectivity index (χ2n) is 4.92. The predicted octanol–water partition coefficient (Wildman–Crippen LogP) is 1.77. The average molecular weight is 253 g/mol. The maximum Gasteiger partial charge on any atom is 0.222 e. The molecule has 1 atom stereocenters. The van der Waals surface area contributed by atoms with E-state index in [0.29, 0.717) is 13.0 Å². The summed E-state index contributed by atoms with van der Waals surface area (Å²) < 4.78 is 5.08. The topological polar surface area (TPSA) is 72.4 Å². The van der Waals surface area contributed by atoms with Crippen molar-refractivity contribution < 1.29 is 9.32 Å². The number of amides is 1. The highest BCUT2D eigenvalue weighted by molar-refractivity contribution is 5.75. The fraction of sp³-hybridized carbons (Fsp3) is 0.692. The molecule has 1 amide bonds.